The summed E-state index contributed by atoms with van der Waals surface area (Å²) in [5.74, 6) is 0.0347. The van der Waals surface area contributed by atoms with Crippen LogP contribution in [0.15, 0.2) is 22.7 Å². The molecule has 2 aromatic heterocycles. The molecule has 1 aliphatic rings. The largest absolute Gasteiger partial charge is 0.379 e. The minimum absolute atomic E-state index is 0.207. The van der Waals surface area contributed by atoms with Crippen LogP contribution in [0.2, 0.25) is 0 Å². The molecule has 8 heteroatoms. The Balaban J connectivity index is 1.64. The predicted octanol–water partition coefficient (Wildman–Crippen LogP) is 3.19. The molecular weight excluding hydrogens is 376 g/mol. The van der Waals surface area contributed by atoms with Crippen LogP contribution in [0.25, 0.3) is 10.2 Å². The highest BCUT2D eigenvalue weighted by Gasteiger charge is 2.25. The normalized spacial score (nSPS) is 15.2. The molecule has 1 saturated heterocycles. The summed E-state index contributed by atoms with van der Waals surface area (Å²) in [5.41, 5.74) is 4.02. The molecule has 1 fully saturated rings. The number of ether oxygens (including phenoxy) is 1. The number of morpholine rings is 1. The molecule has 0 saturated carbocycles. The van der Waals surface area contributed by atoms with E-state index in [2.05, 4.69) is 36.0 Å². The summed E-state index contributed by atoms with van der Waals surface area (Å²) in [6.07, 6.45) is 0. The lowest BCUT2D eigenvalue weighted by Gasteiger charge is -2.28. The molecule has 1 amide bonds. The van der Waals surface area contributed by atoms with Gasteiger partial charge in [-0.3, -0.25) is 14.6 Å². The fraction of sp³-hybridized carbons (Fsp3) is 0.450. The number of hydrogen-bond donors (Lipinski definition) is 0. The Kier molecular flexibility index (Phi) is 5.43. The van der Waals surface area contributed by atoms with Crippen molar-refractivity contribution >= 4 is 32.6 Å². The summed E-state index contributed by atoms with van der Waals surface area (Å²) >= 11 is 1.53. The SMILES string of the molecule is Cc1cc(C(=O)N(CCN2CCOCC2)c2nc3cc(C)c(C)cc3s2)on1. The van der Waals surface area contributed by atoms with Gasteiger partial charge in [-0.15, -0.1) is 0 Å². The van der Waals surface area contributed by atoms with E-state index in [0.29, 0.717) is 17.4 Å². The fourth-order valence-electron chi connectivity index (χ4n) is 3.23. The van der Waals surface area contributed by atoms with Crippen LogP contribution in [0, 0.1) is 20.8 Å². The van der Waals surface area contributed by atoms with Gasteiger partial charge in [0.2, 0.25) is 5.76 Å². The highest BCUT2D eigenvalue weighted by atomic mass is 32.1. The van der Waals surface area contributed by atoms with Gasteiger partial charge in [-0.05, 0) is 44.0 Å². The number of hydrogen-bond acceptors (Lipinski definition) is 7. The second-order valence-corrected chi connectivity index (χ2v) is 8.15. The maximum absolute atomic E-state index is 13.2. The monoisotopic (exact) mass is 400 g/mol. The Morgan fingerprint density at radius 3 is 2.64 bits per heavy atom. The van der Waals surface area contributed by atoms with Crippen molar-refractivity contribution in [1.29, 1.82) is 0 Å². The number of benzene rings is 1. The second-order valence-electron chi connectivity index (χ2n) is 7.14. The molecule has 3 aromatic rings. The molecule has 4 rings (SSSR count). The van der Waals surface area contributed by atoms with E-state index in [1.165, 1.54) is 22.5 Å². The lowest BCUT2D eigenvalue weighted by Crippen LogP contribution is -2.43. The summed E-state index contributed by atoms with van der Waals surface area (Å²) in [5, 5.41) is 4.55. The average Bonchev–Trinajstić information content (AvgIpc) is 3.29. The first-order chi connectivity index (χ1) is 13.5. The van der Waals surface area contributed by atoms with E-state index in [-0.39, 0.29) is 11.7 Å². The van der Waals surface area contributed by atoms with E-state index < -0.39 is 0 Å². The van der Waals surface area contributed by atoms with Crippen LogP contribution < -0.4 is 4.90 Å². The number of carbonyl (C=O) groups excluding carboxylic acids is 1. The van der Waals surface area contributed by atoms with E-state index in [0.717, 1.165) is 43.1 Å². The number of amides is 1. The first kappa shape index (κ1) is 19.0. The molecule has 0 unspecified atom stereocenters. The topological polar surface area (TPSA) is 71.7 Å². The number of anilines is 1. The van der Waals surface area contributed by atoms with Crippen LogP contribution in [0.3, 0.4) is 0 Å². The zero-order valence-electron chi connectivity index (χ0n) is 16.4. The van der Waals surface area contributed by atoms with Crippen molar-refractivity contribution in [3.8, 4) is 0 Å². The zero-order chi connectivity index (χ0) is 19.7. The Labute approximate surface area is 167 Å². The Morgan fingerprint density at radius 1 is 1.18 bits per heavy atom. The van der Waals surface area contributed by atoms with Crippen LogP contribution in [0.1, 0.15) is 27.4 Å². The van der Waals surface area contributed by atoms with Gasteiger partial charge in [0, 0.05) is 32.2 Å². The van der Waals surface area contributed by atoms with Gasteiger partial charge in [0.15, 0.2) is 5.13 Å². The van der Waals surface area contributed by atoms with Crippen molar-refractivity contribution in [3.63, 3.8) is 0 Å². The minimum Gasteiger partial charge on any atom is -0.379 e. The standard InChI is InChI=1S/C20H24N4O3S/c1-13-10-16-18(11-14(13)2)28-20(21-16)24(5-4-23-6-8-26-9-7-23)19(25)17-12-15(3)22-27-17/h10-12H,4-9H2,1-3H3. The summed E-state index contributed by atoms with van der Waals surface area (Å²) in [7, 11) is 0. The third kappa shape index (κ3) is 3.94. The third-order valence-corrected chi connectivity index (χ3v) is 6.09. The van der Waals surface area contributed by atoms with Crippen LogP contribution in [0.4, 0.5) is 5.13 Å². The molecule has 3 heterocycles. The van der Waals surface area contributed by atoms with Gasteiger partial charge < -0.3 is 9.26 Å². The van der Waals surface area contributed by atoms with Gasteiger partial charge in [0.1, 0.15) is 0 Å². The zero-order valence-corrected chi connectivity index (χ0v) is 17.2. The van der Waals surface area contributed by atoms with Crippen molar-refractivity contribution < 1.29 is 14.1 Å². The van der Waals surface area contributed by atoms with Gasteiger partial charge in [0.25, 0.3) is 5.91 Å². The number of carbonyl (C=O) groups is 1. The molecule has 0 bridgehead atoms. The highest BCUT2D eigenvalue weighted by Crippen LogP contribution is 2.31. The third-order valence-electron chi connectivity index (χ3n) is 5.05. The minimum atomic E-state index is -0.207. The number of rotatable bonds is 5. The molecule has 0 spiro atoms. The molecule has 1 aliphatic heterocycles. The molecular formula is C20H24N4O3S. The quantitative estimate of drug-likeness (QED) is 0.655. The van der Waals surface area contributed by atoms with Crippen LogP contribution in [0.5, 0.6) is 0 Å². The summed E-state index contributed by atoms with van der Waals surface area (Å²) in [6, 6.07) is 5.88. The summed E-state index contributed by atoms with van der Waals surface area (Å²) < 4.78 is 11.7. The van der Waals surface area contributed by atoms with Gasteiger partial charge in [-0.25, -0.2) is 4.98 Å². The molecule has 0 aliphatic carbocycles. The first-order valence-electron chi connectivity index (χ1n) is 9.44. The van der Waals surface area contributed by atoms with Crippen molar-refractivity contribution in [3.05, 3.63) is 40.8 Å². The summed E-state index contributed by atoms with van der Waals surface area (Å²) in [6.45, 7) is 10.5. The van der Waals surface area contributed by atoms with E-state index in [1.54, 1.807) is 11.0 Å². The lowest BCUT2D eigenvalue weighted by atomic mass is 10.1. The fourth-order valence-corrected chi connectivity index (χ4v) is 4.30. The number of nitrogens with zero attached hydrogens (tertiary/aromatic N) is 4. The van der Waals surface area contributed by atoms with Crippen molar-refractivity contribution in [2.24, 2.45) is 0 Å². The summed E-state index contributed by atoms with van der Waals surface area (Å²) in [4.78, 5) is 21.9. The first-order valence-corrected chi connectivity index (χ1v) is 10.3. The van der Waals surface area contributed by atoms with E-state index >= 15 is 0 Å². The number of aryl methyl sites for hydroxylation is 3. The van der Waals surface area contributed by atoms with Crippen LogP contribution >= 0.6 is 11.3 Å². The second kappa shape index (κ2) is 7.98. The molecule has 0 radical (unpaired) electrons. The van der Waals surface area contributed by atoms with Crippen LogP contribution in [-0.2, 0) is 4.74 Å². The van der Waals surface area contributed by atoms with Crippen molar-refractivity contribution in [2.75, 3.05) is 44.3 Å². The Hall–Kier alpha value is -2.29. The molecule has 0 N–H and O–H groups in total. The van der Waals surface area contributed by atoms with E-state index in [4.69, 9.17) is 14.2 Å². The lowest BCUT2D eigenvalue weighted by molar-refractivity contribution is 0.0390. The molecule has 28 heavy (non-hydrogen) atoms. The molecule has 0 atom stereocenters. The van der Waals surface area contributed by atoms with E-state index in [9.17, 15) is 4.79 Å². The Morgan fingerprint density at radius 2 is 1.93 bits per heavy atom. The maximum Gasteiger partial charge on any atom is 0.298 e. The maximum atomic E-state index is 13.2. The van der Waals surface area contributed by atoms with Gasteiger partial charge in [0.05, 0.1) is 29.1 Å². The molecule has 1 aromatic carbocycles. The number of thiazole rings is 1. The number of aromatic nitrogens is 2. The number of fused-ring (bicyclic) bond motifs is 1. The average molecular weight is 401 g/mol. The van der Waals surface area contributed by atoms with Gasteiger partial charge >= 0.3 is 0 Å². The van der Waals surface area contributed by atoms with E-state index in [1.807, 2.05) is 6.92 Å². The van der Waals surface area contributed by atoms with Crippen LogP contribution in [-0.4, -0.2) is 60.3 Å². The van der Waals surface area contributed by atoms with Crippen molar-refractivity contribution in [1.82, 2.24) is 15.0 Å². The Bertz CT molecular complexity index is 952. The van der Waals surface area contributed by atoms with Gasteiger partial charge in [-0.1, -0.05) is 16.5 Å². The van der Waals surface area contributed by atoms with Crippen molar-refractivity contribution in [2.45, 2.75) is 20.8 Å². The molecule has 148 valence electrons. The predicted molar refractivity (Wildman–Crippen MR) is 109 cm³/mol. The smallest absolute Gasteiger partial charge is 0.298 e. The highest BCUT2D eigenvalue weighted by molar-refractivity contribution is 7.22. The molecule has 7 nitrogen and oxygen atoms in total. The van der Waals surface area contributed by atoms with Gasteiger partial charge in [-0.2, -0.15) is 0 Å².